The third-order valence-corrected chi connectivity index (χ3v) is 2.20. The van der Waals surface area contributed by atoms with E-state index >= 15 is 0 Å². The number of aliphatic hydroxyl groups is 1. The minimum Gasteiger partial charge on any atom is -0.497 e. The van der Waals surface area contributed by atoms with Crippen LogP contribution in [0.5, 0.6) is 11.5 Å². The molecule has 0 aromatic heterocycles. The summed E-state index contributed by atoms with van der Waals surface area (Å²) in [6.45, 7) is -1.78. The van der Waals surface area contributed by atoms with Crippen LogP contribution in [0.2, 0.25) is 0 Å². The lowest BCUT2D eigenvalue weighted by Gasteiger charge is -2.12. The molecule has 1 aromatic carbocycles. The third-order valence-electron chi connectivity index (χ3n) is 2.20. The van der Waals surface area contributed by atoms with Gasteiger partial charge in [0.05, 0.1) is 20.3 Å². The molecule has 1 aromatic rings. The molecule has 0 spiro atoms. The van der Waals surface area contributed by atoms with Gasteiger partial charge < -0.3 is 19.3 Å². The highest BCUT2D eigenvalue weighted by Crippen LogP contribution is 2.24. The molecule has 0 bridgehead atoms. The Bertz CT molecular complexity index is 393. The molecular weight excluding hydrogens is 265 g/mol. The molecule has 108 valence electrons. The molecule has 0 amide bonds. The lowest BCUT2D eigenvalue weighted by molar-refractivity contribution is -0.175. The summed E-state index contributed by atoms with van der Waals surface area (Å²) in [4.78, 5) is 0. The Morgan fingerprint density at radius 2 is 1.95 bits per heavy atom. The minimum absolute atomic E-state index is 0.0454. The molecule has 19 heavy (non-hydrogen) atoms. The Kier molecular flexibility index (Phi) is 5.91. The molecule has 0 radical (unpaired) electrons. The highest BCUT2D eigenvalue weighted by molar-refractivity contribution is 5.40. The lowest BCUT2D eigenvalue weighted by atomic mass is 10.2. The van der Waals surface area contributed by atoms with Gasteiger partial charge in [-0.3, -0.25) is 0 Å². The highest BCUT2D eigenvalue weighted by Gasteiger charge is 2.27. The van der Waals surface area contributed by atoms with Gasteiger partial charge in [-0.15, -0.1) is 0 Å². The number of halogens is 3. The molecule has 7 heteroatoms. The van der Waals surface area contributed by atoms with Crippen molar-refractivity contribution < 1.29 is 32.5 Å². The quantitative estimate of drug-likeness (QED) is 0.777. The number of aliphatic hydroxyl groups excluding tert-OH is 1. The van der Waals surface area contributed by atoms with E-state index in [-0.39, 0.29) is 19.8 Å². The molecule has 0 saturated carbocycles. The van der Waals surface area contributed by atoms with E-state index in [1.807, 2.05) is 0 Å². The number of ether oxygens (including phenoxy) is 3. The maximum atomic E-state index is 11.8. The van der Waals surface area contributed by atoms with Gasteiger partial charge in [-0.1, -0.05) is 0 Å². The fraction of sp³-hybridized carbons (Fsp3) is 0.500. The van der Waals surface area contributed by atoms with Crippen LogP contribution in [-0.2, 0) is 11.3 Å². The second kappa shape index (κ2) is 7.20. The zero-order valence-corrected chi connectivity index (χ0v) is 10.4. The van der Waals surface area contributed by atoms with Crippen LogP contribution in [0.25, 0.3) is 0 Å². The predicted octanol–water partition coefficient (Wildman–Crippen LogP) is 2.15. The molecule has 0 fully saturated rings. The van der Waals surface area contributed by atoms with Crippen molar-refractivity contribution in [3.8, 4) is 11.5 Å². The number of methoxy groups -OCH3 is 1. The fourth-order valence-corrected chi connectivity index (χ4v) is 1.33. The average molecular weight is 280 g/mol. The first kappa shape index (κ1) is 15.6. The van der Waals surface area contributed by atoms with Gasteiger partial charge in [0, 0.05) is 11.6 Å². The van der Waals surface area contributed by atoms with Gasteiger partial charge in [-0.2, -0.15) is 13.2 Å². The van der Waals surface area contributed by atoms with Gasteiger partial charge in [-0.25, -0.2) is 0 Å². The molecule has 0 saturated heterocycles. The van der Waals surface area contributed by atoms with Gasteiger partial charge in [0.15, 0.2) is 0 Å². The predicted molar refractivity (Wildman–Crippen MR) is 61.3 cm³/mol. The van der Waals surface area contributed by atoms with Crippen molar-refractivity contribution in [2.45, 2.75) is 12.8 Å². The molecule has 0 aliphatic heterocycles. The maximum Gasteiger partial charge on any atom is 0.411 e. The van der Waals surface area contributed by atoms with Crippen molar-refractivity contribution >= 4 is 0 Å². The van der Waals surface area contributed by atoms with Crippen molar-refractivity contribution in [3.05, 3.63) is 23.8 Å². The molecule has 4 nitrogen and oxygen atoms in total. The zero-order chi connectivity index (χ0) is 14.3. The largest absolute Gasteiger partial charge is 0.497 e. The van der Waals surface area contributed by atoms with E-state index in [2.05, 4.69) is 4.74 Å². The zero-order valence-electron chi connectivity index (χ0n) is 10.4. The summed E-state index contributed by atoms with van der Waals surface area (Å²) < 4.78 is 50.1. The Hall–Kier alpha value is -1.47. The number of hydrogen-bond donors (Lipinski definition) is 1. The molecule has 0 unspecified atom stereocenters. The highest BCUT2D eigenvalue weighted by atomic mass is 19.4. The molecule has 0 heterocycles. The van der Waals surface area contributed by atoms with Crippen LogP contribution in [-0.4, -0.2) is 38.2 Å². The van der Waals surface area contributed by atoms with E-state index in [1.54, 1.807) is 18.2 Å². The maximum absolute atomic E-state index is 11.8. The second-order valence-corrected chi connectivity index (χ2v) is 3.65. The summed E-state index contributed by atoms with van der Waals surface area (Å²) in [6, 6.07) is 4.82. The van der Waals surface area contributed by atoms with Crippen LogP contribution in [0, 0.1) is 0 Å². The third kappa shape index (κ3) is 5.80. The van der Waals surface area contributed by atoms with Crippen LogP contribution in [0.4, 0.5) is 13.2 Å². The first-order valence-electron chi connectivity index (χ1n) is 5.51. The second-order valence-electron chi connectivity index (χ2n) is 3.65. The van der Waals surface area contributed by atoms with E-state index in [0.717, 1.165) is 0 Å². The van der Waals surface area contributed by atoms with Crippen molar-refractivity contribution in [1.82, 2.24) is 0 Å². The molecule has 1 N–H and O–H groups in total. The smallest absolute Gasteiger partial charge is 0.411 e. The Balaban J connectivity index is 2.43. The summed E-state index contributed by atoms with van der Waals surface area (Å²) in [5.41, 5.74) is 0.525. The fourth-order valence-electron chi connectivity index (χ4n) is 1.33. The molecule has 0 aliphatic rings. The first-order chi connectivity index (χ1) is 8.96. The number of rotatable bonds is 7. The monoisotopic (exact) mass is 280 g/mol. The molecule has 1 rings (SSSR count). The summed E-state index contributed by atoms with van der Waals surface area (Å²) in [6.07, 6.45) is -4.34. The van der Waals surface area contributed by atoms with Crippen molar-refractivity contribution in [2.75, 3.05) is 26.9 Å². The Labute approximate surface area is 108 Å². The van der Waals surface area contributed by atoms with Crippen molar-refractivity contribution in [2.24, 2.45) is 0 Å². The van der Waals surface area contributed by atoms with Crippen LogP contribution in [0.1, 0.15) is 5.56 Å². The van der Waals surface area contributed by atoms with Crippen molar-refractivity contribution in [3.63, 3.8) is 0 Å². The van der Waals surface area contributed by atoms with E-state index in [4.69, 9.17) is 14.6 Å². The van der Waals surface area contributed by atoms with Crippen LogP contribution < -0.4 is 9.47 Å². The number of benzene rings is 1. The van der Waals surface area contributed by atoms with Gasteiger partial charge in [0.1, 0.15) is 24.7 Å². The van der Waals surface area contributed by atoms with E-state index in [1.165, 1.54) is 7.11 Å². The van der Waals surface area contributed by atoms with Crippen LogP contribution in [0.3, 0.4) is 0 Å². The Morgan fingerprint density at radius 1 is 1.21 bits per heavy atom. The van der Waals surface area contributed by atoms with Crippen molar-refractivity contribution in [1.29, 1.82) is 0 Å². The summed E-state index contributed by atoms with van der Waals surface area (Å²) >= 11 is 0. The van der Waals surface area contributed by atoms with E-state index in [9.17, 15) is 13.2 Å². The Morgan fingerprint density at radius 3 is 2.53 bits per heavy atom. The van der Waals surface area contributed by atoms with Gasteiger partial charge in [-0.05, 0) is 12.1 Å². The first-order valence-corrected chi connectivity index (χ1v) is 5.51. The minimum atomic E-state index is -4.34. The molecule has 0 aliphatic carbocycles. The standard InChI is InChI=1S/C12H15F3O4/c1-17-10-3-2-9(7-16)11(6-10)19-5-4-18-8-12(13,14)15/h2-3,6,16H,4-5,7-8H2,1H3. The van der Waals surface area contributed by atoms with Crippen LogP contribution >= 0.6 is 0 Å². The summed E-state index contributed by atoms with van der Waals surface area (Å²) in [5.74, 6) is 0.890. The summed E-state index contributed by atoms with van der Waals surface area (Å²) in [7, 11) is 1.48. The SMILES string of the molecule is COc1ccc(CO)c(OCCOCC(F)(F)F)c1. The van der Waals surface area contributed by atoms with Gasteiger partial charge >= 0.3 is 6.18 Å². The van der Waals surface area contributed by atoms with E-state index in [0.29, 0.717) is 17.1 Å². The van der Waals surface area contributed by atoms with E-state index < -0.39 is 12.8 Å². The number of alkyl halides is 3. The van der Waals surface area contributed by atoms with Crippen LogP contribution in [0.15, 0.2) is 18.2 Å². The molecular formula is C12H15F3O4. The lowest BCUT2D eigenvalue weighted by Crippen LogP contribution is -2.19. The summed E-state index contributed by atoms with van der Waals surface area (Å²) in [5, 5.41) is 9.09. The number of hydrogen-bond acceptors (Lipinski definition) is 4. The topological polar surface area (TPSA) is 47.9 Å². The molecule has 0 atom stereocenters. The normalized spacial score (nSPS) is 11.4. The van der Waals surface area contributed by atoms with Gasteiger partial charge in [0.25, 0.3) is 0 Å². The average Bonchev–Trinajstić information content (AvgIpc) is 2.36. The van der Waals surface area contributed by atoms with Gasteiger partial charge in [0.2, 0.25) is 0 Å².